The minimum absolute atomic E-state index is 0. The van der Waals surface area contributed by atoms with Crippen molar-refractivity contribution in [2.24, 2.45) is 0 Å². The molecule has 0 aromatic heterocycles. The third-order valence-corrected chi connectivity index (χ3v) is 12.5. The van der Waals surface area contributed by atoms with E-state index >= 15 is 0 Å². The summed E-state index contributed by atoms with van der Waals surface area (Å²) in [6.07, 6.45) is 15.7. The molecule has 0 spiro atoms. The molecule has 0 amide bonds. The summed E-state index contributed by atoms with van der Waals surface area (Å²) in [5, 5.41) is 5.56. The Kier molecular flexibility index (Phi) is 26.4. The molecule has 0 unspecified atom stereocenters. The van der Waals surface area contributed by atoms with Crippen molar-refractivity contribution in [3.05, 3.63) is 194 Å². The fraction of sp³-hybridized carbons (Fsp3) is 0.290. The van der Waals surface area contributed by atoms with Crippen LogP contribution in [0.1, 0.15) is 111 Å². The molecule has 0 aliphatic heterocycles. The number of aryl methyl sites for hydroxylation is 6. The van der Waals surface area contributed by atoms with Crippen LogP contribution in [0.5, 0.6) is 0 Å². The number of hydrogen-bond donors (Lipinski definition) is 0. The Morgan fingerprint density at radius 2 is 0.621 bits per heavy atom. The van der Waals surface area contributed by atoms with Gasteiger partial charge in [-0.15, -0.1) is 69.6 Å². The number of hydrogen-bond acceptors (Lipinski definition) is 0. The second-order valence-corrected chi connectivity index (χ2v) is 17.5. The van der Waals surface area contributed by atoms with Crippen molar-refractivity contribution < 1.29 is 23.3 Å². The average molecular weight is 1010 g/mol. The predicted molar refractivity (Wildman–Crippen MR) is 298 cm³/mol. The molecule has 0 nitrogen and oxygen atoms in total. The molecule has 8 aromatic rings. The van der Waals surface area contributed by atoms with Gasteiger partial charge in [-0.05, 0) is 51.7 Å². The van der Waals surface area contributed by atoms with Crippen molar-refractivity contribution in [2.75, 3.05) is 0 Å². The molecule has 8 aromatic carbocycles. The van der Waals surface area contributed by atoms with Crippen molar-refractivity contribution in [1.29, 1.82) is 0 Å². The summed E-state index contributed by atoms with van der Waals surface area (Å²) in [5.74, 6) is 0. The van der Waals surface area contributed by atoms with Crippen molar-refractivity contribution in [3.8, 4) is 44.5 Å². The Bertz CT molecular complexity index is 2250. The molecule has 0 atom stereocenters. The van der Waals surface area contributed by atoms with Crippen LogP contribution in [-0.4, -0.2) is 6.88 Å². The topological polar surface area (TPSA) is 0 Å². The molecule has 0 aliphatic carbocycles. The van der Waals surface area contributed by atoms with Gasteiger partial charge in [-0.3, -0.25) is 0 Å². The summed E-state index contributed by atoms with van der Waals surface area (Å²) in [7, 11) is 0. The van der Waals surface area contributed by atoms with Crippen LogP contribution in [0, 0.1) is 42.5 Å². The van der Waals surface area contributed by atoms with E-state index in [2.05, 4.69) is 194 Å². The molecule has 0 saturated carbocycles. The first-order chi connectivity index (χ1) is 30.3. The minimum atomic E-state index is 0. The molecular weight excluding hydrogens is 935 g/mol. The summed E-state index contributed by atoms with van der Waals surface area (Å²) in [6.45, 7) is 16.2. The zero-order valence-corrected chi connectivity index (χ0v) is 46.2. The first-order valence-corrected chi connectivity index (χ1v) is 27.5. The van der Waals surface area contributed by atoms with Crippen LogP contribution in [0.2, 0.25) is 0 Å². The van der Waals surface area contributed by atoms with E-state index in [9.17, 15) is 0 Å². The molecular formula is C62H74Cl2SiZr-4. The summed E-state index contributed by atoms with van der Waals surface area (Å²) < 4.78 is 0. The van der Waals surface area contributed by atoms with Crippen LogP contribution in [0.15, 0.2) is 146 Å². The van der Waals surface area contributed by atoms with Gasteiger partial charge in [-0.25, -0.2) is 0 Å². The van der Waals surface area contributed by atoms with Crippen LogP contribution in [0.4, 0.5) is 0 Å². The van der Waals surface area contributed by atoms with E-state index < -0.39 is 0 Å². The summed E-state index contributed by atoms with van der Waals surface area (Å²) >= 11 is 1.36. The van der Waals surface area contributed by atoms with Gasteiger partial charge in [0.15, 0.2) is 0 Å². The zero-order valence-electron chi connectivity index (χ0n) is 41.2. The van der Waals surface area contributed by atoms with E-state index in [0.29, 0.717) is 0 Å². The van der Waals surface area contributed by atoms with Crippen LogP contribution >= 0.6 is 24.8 Å². The molecule has 2 radical (unpaired) electrons. The molecule has 0 bridgehead atoms. The maximum atomic E-state index is 3.06. The van der Waals surface area contributed by atoms with Crippen LogP contribution in [0.25, 0.3) is 66.1 Å². The monoisotopic (exact) mass is 1010 g/mol. The van der Waals surface area contributed by atoms with Gasteiger partial charge in [-0.1, -0.05) is 255 Å². The molecule has 66 heavy (non-hydrogen) atoms. The first kappa shape index (κ1) is 58.3. The third kappa shape index (κ3) is 15.6. The van der Waals surface area contributed by atoms with Crippen molar-refractivity contribution in [1.82, 2.24) is 0 Å². The first-order valence-electron chi connectivity index (χ1n) is 23.3. The Hall–Kier alpha value is -3.78. The predicted octanol–water partition coefficient (Wildman–Crippen LogP) is 19.4. The second-order valence-electron chi connectivity index (χ2n) is 17.5. The number of halogens is 2. The van der Waals surface area contributed by atoms with Gasteiger partial charge in [0.25, 0.3) is 0 Å². The van der Waals surface area contributed by atoms with Crippen LogP contribution < -0.4 is 0 Å². The van der Waals surface area contributed by atoms with E-state index in [0.717, 1.165) is 0 Å². The standard InChI is InChI=1S/2C30H33.2CH3.2ClH.Si.Zr/c2*1-4-5-6-7-8-9-24-20-29-27(25-14-10-22(2)11-15-25)18-19-28(30(29)21-24)26-16-12-23(3)13-17-26;;;;;;/h2*10-21H,4-9H2,1-3H3;2*1H3;2*1H;;/q4*-1;;;;. The van der Waals surface area contributed by atoms with Gasteiger partial charge < -0.3 is 14.9 Å². The Morgan fingerprint density at radius 1 is 0.364 bits per heavy atom. The fourth-order valence-electron chi connectivity index (χ4n) is 8.81. The molecule has 0 heterocycles. The number of unbranched alkanes of at least 4 members (excludes halogenated alkanes) is 8. The fourth-order valence-corrected chi connectivity index (χ4v) is 8.81. The van der Waals surface area contributed by atoms with E-state index in [1.807, 2.05) is 0 Å². The van der Waals surface area contributed by atoms with E-state index in [1.54, 1.807) is 0 Å². The SMILES string of the molecule is CCCCCCCc1cc2c(-c3ccc(C)cc3)ccc(-c3ccc(C)cc3)c2[cH-]1.CCCCCCCc1cc2c(-c3ccc(C)cc3)ccc(-c3ccc(C)cc3)c2[cH-]1.Cl.Cl.[CH3-].[CH3-].[Si]=[Zr]. The molecule has 0 saturated heterocycles. The normalized spacial score (nSPS) is 10.3. The third-order valence-electron chi connectivity index (χ3n) is 12.5. The van der Waals surface area contributed by atoms with Crippen molar-refractivity contribution in [2.45, 2.75) is 119 Å². The zero-order chi connectivity index (χ0) is 43.8. The van der Waals surface area contributed by atoms with Gasteiger partial charge in [0.1, 0.15) is 0 Å². The van der Waals surface area contributed by atoms with E-state index in [-0.39, 0.29) is 39.7 Å². The average Bonchev–Trinajstić information content (AvgIpc) is 3.93. The quantitative estimate of drug-likeness (QED) is 0.0514. The van der Waals surface area contributed by atoms with E-state index in [4.69, 9.17) is 0 Å². The number of benzene rings is 6. The molecule has 0 aliphatic rings. The Labute approximate surface area is 430 Å². The maximum absolute atomic E-state index is 3.06. The van der Waals surface area contributed by atoms with Gasteiger partial charge in [0.05, 0.1) is 0 Å². The molecule has 4 heteroatoms. The van der Waals surface area contributed by atoms with Gasteiger partial charge >= 0.3 is 30.2 Å². The summed E-state index contributed by atoms with van der Waals surface area (Å²) in [5.41, 5.74) is 18.8. The number of rotatable bonds is 16. The molecule has 348 valence electrons. The second kappa shape index (κ2) is 29.9. The Morgan fingerprint density at radius 3 is 0.909 bits per heavy atom. The van der Waals surface area contributed by atoms with Gasteiger partial charge in [0, 0.05) is 0 Å². The molecule has 8 rings (SSSR count). The van der Waals surface area contributed by atoms with Crippen LogP contribution in [-0.2, 0) is 36.2 Å². The molecule has 0 fully saturated rings. The van der Waals surface area contributed by atoms with Crippen molar-refractivity contribution >= 4 is 53.2 Å². The van der Waals surface area contributed by atoms with Gasteiger partial charge in [0.2, 0.25) is 0 Å². The summed E-state index contributed by atoms with van der Waals surface area (Å²) in [4.78, 5) is 0. The summed E-state index contributed by atoms with van der Waals surface area (Å²) in [6, 6.07) is 54.8. The van der Waals surface area contributed by atoms with Gasteiger partial charge in [-0.2, -0.15) is 12.1 Å². The number of fused-ring (bicyclic) bond motifs is 2. The Balaban J connectivity index is 0.000000413. The van der Waals surface area contributed by atoms with E-state index in [1.165, 1.54) is 200 Å². The van der Waals surface area contributed by atoms with Crippen molar-refractivity contribution in [3.63, 3.8) is 0 Å². The van der Waals surface area contributed by atoms with Crippen LogP contribution in [0.3, 0.4) is 0 Å². The molecule has 0 N–H and O–H groups in total.